The number of aliphatic hydroxyl groups is 1. The molecule has 3 aromatic rings. The normalized spacial score (nSPS) is 19.2. The Balaban J connectivity index is 1.28. The first-order valence-electron chi connectivity index (χ1n) is 24.4. The third-order valence-electron chi connectivity index (χ3n) is 14.4. The number of aryl methyl sites for hydroxylation is 3. The number of hydrogen-bond acceptors (Lipinski definition) is 9. The molecular weight excluding hydrogens is 829 g/mol. The number of esters is 3. The van der Waals surface area contributed by atoms with Gasteiger partial charge in [0.1, 0.15) is 6.61 Å². The van der Waals surface area contributed by atoms with Crippen molar-refractivity contribution in [3.8, 4) is 0 Å². The van der Waals surface area contributed by atoms with Gasteiger partial charge in [0, 0.05) is 51.6 Å². The van der Waals surface area contributed by atoms with E-state index in [1.807, 2.05) is 38.1 Å². The van der Waals surface area contributed by atoms with Gasteiger partial charge in [-0.05, 0) is 118 Å². The molecule has 0 aromatic carbocycles. The van der Waals surface area contributed by atoms with Crippen LogP contribution in [0.25, 0.3) is 39.3 Å². The molecule has 3 aliphatic heterocycles. The maximum atomic E-state index is 13.8. The summed E-state index contributed by atoms with van der Waals surface area (Å²) in [6.45, 7) is 25.7. The number of ether oxygens (including phenoxy) is 3. The summed E-state index contributed by atoms with van der Waals surface area (Å²) in [7, 11) is 1.12. The van der Waals surface area contributed by atoms with E-state index in [0.717, 1.165) is 82.5 Å². The summed E-state index contributed by atoms with van der Waals surface area (Å²) in [4.78, 5) is 58.2. The van der Waals surface area contributed by atoms with Gasteiger partial charge in [-0.3, -0.25) is 9.78 Å². The van der Waals surface area contributed by atoms with E-state index in [2.05, 4.69) is 71.1 Å². The number of carbonyl (C=O) groups is 3. The number of fused-ring (bicyclic) bond motifs is 8. The Morgan fingerprint density at radius 2 is 1.56 bits per heavy atom. The number of methoxy groups -OCH3 is 1. The largest absolute Gasteiger partial charge is 0.464 e. The number of allylic oxidation sites excluding steroid dienone is 2. The van der Waals surface area contributed by atoms with E-state index < -0.39 is 23.6 Å². The Bertz CT molecular complexity index is 2560. The molecule has 6 heterocycles. The number of hydrogen-bond donors (Lipinski definition) is 3. The molecule has 6 rings (SSSR count). The lowest BCUT2D eigenvalue weighted by Gasteiger charge is -2.32. The van der Waals surface area contributed by atoms with Crippen LogP contribution in [0.4, 0.5) is 0 Å². The van der Waals surface area contributed by atoms with E-state index in [0.29, 0.717) is 22.9 Å². The number of carbonyl (C=O) groups excluding carboxylic acids is 3. The van der Waals surface area contributed by atoms with Crippen molar-refractivity contribution < 1.29 is 33.7 Å². The predicted molar refractivity (Wildman–Crippen MR) is 264 cm³/mol. The van der Waals surface area contributed by atoms with Gasteiger partial charge < -0.3 is 29.3 Å². The van der Waals surface area contributed by atoms with Crippen LogP contribution in [0.1, 0.15) is 188 Å². The molecule has 8 bridgehead atoms. The number of cyclic esters (lactones) is 1. The molecule has 3 N–H and O–H groups in total. The molecule has 0 aliphatic carbocycles. The second-order valence-corrected chi connectivity index (χ2v) is 19.7. The number of H-pyrrole nitrogens is 2. The Labute approximate surface area is 392 Å². The van der Waals surface area contributed by atoms with Gasteiger partial charge in [0.25, 0.3) is 0 Å². The van der Waals surface area contributed by atoms with Gasteiger partial charge in [-0.1, -0.05) is 105 Å². The minimum Gasteiger partial charge on any atom is -0.464 e. The van der Waals surface area contributed by atoms with E-state index in [1.54, 1.807) is 6.92 Å². The Kier molecular flexibility index (Phi) is 16.4. The van der Waals surface area contributed by atoms with Crippen molar-refractivity contribution in [2.45, 2.75) is 164 Å². The summed E-state index contributed by atoms with van der Waals surface area (Å²) in [5, 5.41) is 12.3. The van der Waals surface area contributed by atoms with Gasteiger partial charge in [0.15, 0.2) is 0 Å². The summed E-state index contributed by atoms with van der Waals surface area (Å²) >= 11 is 0. The third-order valence-corrected chi connectivity index (χ3v) is 14.4. The van der Waals surface area contributed by atoms with Crippen molar-refractivity contribution in [1.82, 2.24) is 19.9 Å². The second kappa shape index (κ2) is 21.6. The fraction of sp³-hybridized carbons (Fsp3) is 0.545. The van der Waals surface area contributed by atoms with Gasteiger partial charge in [0.2, 0.25) is 0 Å². The Morgan fingerprint density at radius 3 is 2.21 bits per heavy atom. The van der Waals surface area contributed by atoms with Gasteiger partial charge in [-0.25, -0.2) is 14.6 Å². The summed E-state index contributed by atoms with van der Waals surface area (Å²) in [6, 6.07) is 5.93. The molecule has 0 radical (unpaired) electrons. The molecule has 11 heteroatoms. The first-order chi connectivity index (χ1) is 31.4. The van der Waals surface area contributed by atoms with Crippen LogP contribution in [0.2, 0.25) is 0 Å². The summed E-state index contributed by atoms with van der Waals surface area (Å²) in [6.07, 6.45) is 16.0. The fourth-order valence-electron chi connectivity index (χ4n) is 10.1. The number of rotatable bonds is 20. The van der Waals surface area contributed by atoms with Crippen LogP contribution in [-0.4, -0.2) is 56.7 Å². The van der Waals surface area contributed by atoms with E-state index in [1.165, 1.54) is 50.5 Å². The molecule has 0 amide bonds. The Hall–Kier alpha value is -5.29. The van der Waals surface area contributed by atoms with Crippen LogP contribution in [0.5, 0.6) is 0 Å². The first-order valence-corrected chi connectivity index (χ1v) is 24.4. The molecule has 5 atom stereocenters. The Morgan fingerprint density at radius 1 is 0.909 bits per heavy atom. The SMILES string of the molecule is C=Cc1c(C)c2cc3nc(c4c5nc(cc6[nH]c(cc1[nH]2)c(C)c6CC)C(C)=C5C(=O)O[C@@]4(O)C(=O)OC)[C@@H](CCC(=O)OC/C=C(\C)CCC[C@H](C)CCC[C@H](C)CCCC(C)C)[C@@H]3C. The van der Waals surface area contributed by atoms with Gasteiger partial charge >= 0.3 is 23.7 Å². The van der Waals surface area contributed by atoms with Crippen LogP contribution in [0.3, 0.4) is 0 Å². The standard InChI is InChI=1S/C55H74N4O7/c1-13-39-35(8)42-28-44-37(10)41(24-25-48(60)65-27-26-34(7)23-17-22-33(6)21-16-20-32(5)19-15-18-31(3)4)51(58-44)50-52-49(53(61)66-55(50,63)54(62)64-12)38(11)45(59-52)30-47-40(14-2)36(9)43(57-47)29-46(39)56-42/h13,26,28-33,37,41,56-57,63H,1,14-25,27H2,2-12H3/b34-26+,42-28?,43-29?,44-28?,45-30?,46-29?,47-30?,51-50?/t32-,33-,37+,41+,55-/m1/s1. The maximum Gasteiger partial charge on any atom is 0.384 e. The topological polar surface area (TPSA) is 156 Å². The minimum absolute atomic E-state index is 0.0421. The van der Waals surface area contributed by atoms with Crippen molar-refractivity contribution in [2.75, 3.05) is 13.7 Å². The molecule has 11 nitrogen and oxygen atoms in total. The molecular formula is C55H74N4O7. The highest BCUT2D eigenvalue weighted by atomic mass is 16.7. The van der Waals surface area contributed by atoms with Crippen LogP contribution >= 0.6 is 0 Å². The zero-order valence-corrected chi connectivity index (χ0v) is 41.5. The highest BCUT2D eigenvalue weighted by Crippen LogP contribution is 2.49. The molecule has 0 spiro atoms. The summed E-state index contributed by atoms with van der Waals surface area (Å²) in [5.41, 5.74) is 10.7. The van der Waals surface area contributed by atoms with Crippen LogP contribution in [-0.2, 0) is 40.8 Å². The fourth-order valence-corrected chi connectivity index (χ4v) is 10.1. The molecule has 0 fully saturated rings. The van der Waals surface area contributed by atoms with E-state index in [4.69, 9.17) is 24.2 Å². The smallest absolute Gasteiger partial charge is 0.384 e. The number of aromatic amines is 2. The molecule has 3 aromatic heterocycles. The van der Waals surface area contributed by atoms with Crippen molar-refractivity contribution in [3.63, 3.8) is 0 Å². The van der Waals surface area contributed by atoms with E-state index >= 15 is 0 Å². The number of nitrogens with zero attached hydrogens (tertiary/aromatic N) is 2. The quantitative estimate of drug-likeness (QED) is 0.0570. The maximum absolute atomic E-state index is 13.8. The van der Waals surface area contributed by atoms with E-state index in [-0.39, 0.29) is 53.9 Å². The summed E-state index contributed by atoms with van der Waals surface area (Å²) < 4.78 is 16.5. The molecule has 0 unspecified atom stereocenters. The minimum atomic E-state index is -2.86. The average molecular weight is 903 g/mol. The highest BCUT2D eigenvalue weighted by molar-refractivity contribution is 6.27. The van der Waals surface area contributed by atoms with Crippen molar-refractivity contribution >= 4 is 57.2 Å². The first kappa shape index (κ1) is 50.1. The number of aromatic nitrogens is 4. The van der Waals surface area contributed by atoms with Crippen LogP contribution < -0.4 is 0 Å². The van der Waals surface area contributed by atoms with Gasteiger partial charge in [-0.15, -0.1) is 0 Å². The molecule has 0 saturated heterocycles. The molecule has 356 valence electrons. The van der Waals surface area contributed by atoms with Crippen molar-refractivity contribution in [3.05, 3.63) is 87.0 Å². The third kappa shape index (κ3) is 10.8. The van der Waals surface area contributed by atoms with Gasteiger partial charge in [-0.2, -0.15) is 0 Å². The summed E-state index contributed by atoms with van der Waals surface area (Å²) in [5.74, 6) is -3.89. The van der Waals surface area contributed by atoms with Crippen molar-refractivity contribution in [2.24, 2.45) is 17.8 Å². The zero-order valence-electron chi connectivity index (χ0n) is 41.5. The lowest BCUT2D eigenvalue weighted by Crippen LogP contribution is -2.46. The molecule has 66 heavy (non-hydrogen) atoms. The second-order valence-electron chi connectivity index (χ2n) is 19.7. The number of nitrogens with one attached hydrogen (secondary N) is 2. The van der Waals surface area contributed by atoms with Gasteiger partial charge in [0.05, 0.1) is 35.3 Å². The lowest BCUT2D eigenvalue weighted by atomic mass is 9.82. The van der Waals surface area contributed by atoms with E-state index in [9.17, 15) is 19.5 Å². The van der Waals surface area contributed by atoms with Crippen LogP contribution in [0.15, 0.2) is 36.4 Å². The predicted octanol–water partition coefficient (Wildman–Crippen LogP) is 12.5. The highest BCUT2D eigenvalue weighted by Gasteiger charge is 2.55. The molecule has 0 saturated carbocycles. The van der Waals surface area contributed by atoms with Crippen molar-refractivity contribution in [1.29, 1.82) is 0 Å². The lowest BCUT2D eigenvalue weighted by molar-refractivity contribution is -0.228. The average Bonchev–Trinajstić information content (AvgIpc) is 3.95. The molecule has 3 aliphatic rings. The van der Waals surface area contributed by atoms with Crippen LogP contribution in [0, 0.1) is 31.6 Å². The zero-order chi connectivity index (χ0) is 48.0. The monoisotopic (exact) mass is 903 g/mol.